The largest absolute Gasteiger partial charge is 0.366 e. The van der Waals surface area contributed by atoms with Crippen molar-refractivity contribution < 1.29 is 14.5 Å². The monoisotopic (exact) mass is 372 g/mol. The predicted octanol–water partition coefficient (Wildman–Crippen LogP) is 2.01. The SMILES string of the molecule is O=C(C[NH2+]C12CC3CC(CC(C3)C1)C2)N1CCN(c2ccccc2F)CC1. The maximum atomic E-state index is 14.0. The molecule has 5 aliphatic rings. The van der Waals surface area contributed by atoms with Crippen LogP contribution in [-0.2, 0) is 4.79 Å². The number of para-hydroxylation sites is 1. The average Bonchev–Trinajstić information content (AvgIpc) is 2.66. The molecule has 1 aromatic carbocycles. The molecule has 4 saturated carbocycles. The lowest BCUT2D eigenvalue weighted by molar-refractivity contribution is -0.730. The van der Waals surface area contributed by atoms with Gasteiger partial charge >= 0.3 is 0 Å². The molecule has 1 amide bonds. The number of anilines is 1. The van der Waals surface area contributed by atoms with E-state index in [9.17, 15) is 9.18 Å². The highest BCUT2D eigenvalue weighted by atomic mass is 19.1. The number of carbonyl (C=O) groups is 1. The van der Waals surface area contributed by atoms with Crippen LogP contribution in [0.15, 0.2) is 24.3 Å². The summed E-state index contributed by atoms with van der Waals surface area (Å²) in [5.41, 5.74) is 1.02. The van der Waals surface area contributed by atoms with E-state index in [2.05, 4.69) is 10.2 Å². The molecule has 0 aromatic heterocycles. The first-order chi connectivity index (χ1) is 13.1. The normalized spacial score (nSPS) is 34.9. The lowest BCUT2D eigenvalue weighted by Gasteiger charge is -2.54. The zero-order valence-corrected chi connectivity index (χ0v) is 16.1. The van der Waals surface area contributed by atoms with Crippen LogP contribution < -0.4 is 10.2 Å². The lowest BCUT2D eigenvalue weighted by Crippen LogP contribution is -3.00. The van der Waals surface area contributed by atoms with Crippen molar-refractivity contribution in [3.63, 3.8) is 0 Å². The molecule has 5 fully saturated rings. The number of piperazine rings is 1. The molecule has 0 atom stereocenters. The van der Waals surface area contributed by atoms with E-state index < -0.39 is 0 Å². The number of hydrogen-bond acceptors (Lipinski definition) is 2. The lowest BCUT2D eigenvalue weighted by atomic mass is 9.53. The van der Waals surface area contributed by atoms with Gasteiger partial charge < -0.3 is 15.1 Å². The van der Waals surface area contributed by atoms with Crippen LogP contribution in [0.4, 0.5) is 10.1 Å². The molecule has 4 aliphatic carbocycles. The predicted molar refractivity (Wildman–Crippen MR) is 103 cm³/mol. The zero-order valence-electron chi connectivity index (χ0n) is 16.1. The highest BCUT2D eigenvalue weighted by Crippen LogP contribution is 2.54. The molecule has 0 radical (unpaired) electrons. The Hall–Kier alpha value is -1.62. The van der Waals surface area contributed by atoms with E-state index in [1.165, 1.54) is 44.6 Å². The summed E-state index contributed by atoms with van der Waals surface area (Å²) in [6.07, 6.45) is 8.31. The Labute approximate surface area is 161 Å². The fraction of sp³-hybridized carbons (Fsp3) is 0.682. The van der Waals surface area contributed by atoms with Gasteiger partial charge in [-0.2, -0.15) is 0 Å². The second-order valence-electron chi connectivity index (χ2n) is 9.51. The Morgan fingerprint density at radius 1 is 1.00 bits per heavy atom. The van der Waals surface area contributed by atoms with E-state index in [1.54, 1.807) is 6.07 Å². The van der Waals surface area contributed by atoms with E-state index in [1.807, 2.05) is 17.0 Å². The van der Waals surface area contributed by atoms with Gasteiger partial charge in [0.25, 0.3) is 5.91 Å². The van der Waals surface area contributed by atoms with Crippen LogP contribution >= 0.6 is 0 Å². The number of hydrogen-bond donors (Lipinski definition) is 1. The summed E-state index contributed by atoms with van der Waals surface area (Å²) in [6.45, 7) is 3.41. The van der Waals surface area contributed by atoms with Gasteiger partial charge in [-0.3, -0.25) is 4.79 Å². The van der Waals surface area contributed by atoms with Gasteiger partial charge in [-0.15, -0.1) is 0 Å². The molecule has 1 aliphatic heterocycles. The first-order valence-electron chi connectivity index (χ1n) is 10.7. The molecular weight excluding hydrogens is 341 g/mol. The van der Waals surface area contributed by atoms with Gasteiger partial charge in [0.05, 0.1) is 11.2 Å². The summed E-state index contributed by atoms with van der Waals surface area (Å²) < 4.78 is 14.0. The van der Waals surface area contributed by atoms with Crippen molar-refractivity contribution in [1.82, 2.24) is 4.90 Å². The third-order valence-corrected chi connectivity index (χ3v) is 7.62. The van der Waals surface area contributed by atoms with E-state index in [-0.39, 0.29) is 11.7 Å². The number of nitrogens with zero attached hydrogens (tertiary/aromatic N) is 2. The van der Waals surface area contributed by atoms with Gasteiger partial charge in [0.2, 0.25) is 0 Å². The quantitative estimate of drug-likeness (QED) is 0.878. The molecule has 6 rings (SSSR count). The number of benzene rings is 1. The highest BCUT2D eigenvalue weighted by Gasteiger charge is 2.53. The molecule has 1 aromatic rings. The molecular formula is C22H31FN3O+. The van der Waals surface area contributed by atoms with Crippen molar-refractivity contribution in [3.8, 4) is 0 Å². The van der Waals surface area contributed by atoms with Crippen LogP contribution in [0.2, 0.25) is 0 Å². The van der Waals surface area contributed by atoms with Gasteiger partial charge in [0, 0.05) is 45.4 Å². The Morgan fingerprint density at radius 2 is 1.59 bits per heavy atom. The first-order valence-corrected chi connectivity index (χ1v) is 10.7. The molecule has 0 spiro atoms. The molecule has 1 heterocycles. The fourth-order valence-corrected chi connectivity index (χ4v) is 6.77. The summed E-state index contributed by atoms with van der Waals surface area (Å²) in [7, 11) is 0. The molecule has 4 nitrogen and oxygen atoms in total. The molecule has 5 heteroatoms. The van der Waals surface area contributed by atoms with Gasteiger partial charge in [-0.25, -0.2) is 4.39 Å². The maximum absolute atomic E-state index is 14.0. The highest BCUT2D eigenvalue weighted by molar-refractivity contribution is 5.77. The minimum Gasteiger partial charge on any atom is -0.366 e. The van der Waals surface area contributed by atoms with E-state index >= 15 is 0 Å². The fourth-order valence-electron chi connectivity index (χ4n) is 6.77. The number of carbonyl (C=O) groups excluding carboxylic acids is 1. The van der Waals surface area contributed by atoms with E-state index in [0.717, 1.165) is 17.8 Å². The topological polar surface area (TPSA) is 40.2 Å². The second kappa shape index (κ2) is 6.77. The van der Waals surface area contributed by atoms with Crippen molar-refractivity contribution in [1.29, 1.82) is 0 Å². The first kappa shape index (κ1) is 17.5. The maximum Gasteiger partial charge on any atom is 0.277 e. The van der Waals surface area contributed by atoms with E-state index in [4.69, 9.17) is 0 Å². The van der Waals surface area contributed by atoms with Crippen LogP contribution in [0.25, 0.3) is 0 Å². The van der Waals surface area contributed by atoms with Gasteiger partial charge in [0.1, 0.15) is 5.82 Å². The van der Waals surface area contributed by atoms with Crippen LogP contribution in [0.1, 0.15) is 38.5 Å². The number of halogens is 1. The molecule has 1 saturated heterocycles. The Balaban J connectivity index is 1.15. The average molecular weight is 373 g/mol. The molecule has 2 N–H and O–H groups in total. The minimum atomic E-state index is -0.174. The Kier molecular flexibility index (Phi) is 4.38. The van der Waals surface area contributed by atoms with Gasteiger partial charge in [-0.05, 0) is 49.1 Å². The molecule has 4 bridgehead atoms. The number of nitrogens with two attached hydrogens (primary N) is 1. The van der Waals surface area contributed by atoms with Crippen LogP contribution in [0, 0.1) is 23.6 Å². The third-order valence-electron chi connectivity index (χ3n) is 7.62. The van der Waals surface area contributed by atoms with Crippen LogP contribution in [-0.4, -0.2) is 49.1 Å². The van der Waals surface area contributed by atoms with Gasteiger partial charge in [0.15, 0.2) is 6.54 Å². The molecule has 27 heavy (non-hydrogen) atoms. The Bertz CT molecular complexity index is 678. The summed E-state index contributed by atoms with van der Waals surface area (Å²) in [6, 6.07) is 6.93. The zero-order chi connectivity index (χ0) is 18.4. The molecule has 0 unspecified atom stereocenters. The number of amides is 1. The summed E-state index contributed by atoms with van der Waals surface area (Å²) in [5, 5.41) is 2.41. The molecule has 146 valence electrons. The van der Waals surface area contributed by atoms with Crippen molar-refractivity contribution in [2.45, 2.75) is 44.1 Å². The second-order valence-corrected chi connectivity index (χ2v) is 9.51. The van der Waals surface area contributed by atoms with Crippen molar-refractivity contribution in [2.75, 3.05) is 37.6 Å². The Morgan fingerprint density at radius 3 is 2.19 bits per heavy atom. The minimum absolute atomic E-state index is 0.174. The smallest absolute Gasteiger partial charge is 0.277 e. The number of rotatable bonds is 4. The van der Waals surface area contributed by atoms with Crippen LogP contribution in [0.3, 0.4) is 0 Å². The summed E-state index contributed by atoms with van der Waals surface area (Å²) in [4.78, 5) is 16.8. The standard InChI is InChI=1S/C22H30FN3O/c23-19-3-1-2-4-20(19)25-5-7-26(8-6-25)21(27)15-24-22-12-16-9-17(13-22)11-18(10-16)14-22/h1-4,16-18,24H,5-15H2/p+1. The van der Waals surface area contributed by atoms with Crippen molar-refractivity contribution >= 4 is 11.6 Å². The van der Waals surface area contributed by atoms with E-state index in [0.29, 0.717) is 44.0 Å². The summed E-state index contributed by atoms with van der Waals surface area (Å²) >= 11 is 0. The summed E-state index contributed by atoms with van der Waals surface area (Å²) in [5.74, 6) is 2.86. The number of quaternary nitrogens is 1. The van der Waals surface area contributed by atoms with Crippen LogP contribution in [0.5, 0.6) is 0 Å². The third kappa shape index (κ3) is 3.35. The van der Waals surface area contributed by atoms with Crippen molar-refractivity contribution in [3.05, 3.63) is 30.1 Å². The van der Waals surface area contributed by atoms with Gasteiger partial charge in [-0.1, -0.05) is 12.1 Å². The van der Waals surface area contributed by atoms with Crippen molar-refractivity contribution in [2.24, 2.45) is 17.8 Å².